The van der Waals surface area contributed by atoms with Crippen molar-refractivity contribution in [3.63, 3.8) is 0 Å². The Morgan fingerprint density at radius 1 is 0.778 bits per heavy atom. The number of nitrogens with one attached hydrogen (secondary N) is 2. The molecule has 0 radical (unpaired) electrons. The van der Waals surface area contributed by atoms with E-state index in [4.69, 9.17) is 4.74 Å². The number of anilines is 3. The third kappa shape index (κ3) is 7.16. The van der Waals surface area contributed by atoms with E-state index >= 15 is 0 Å². The van der Waals surface area contributed by atoms with Crippen LogP contribution in [-0.2, 0) is 20.9 Å². The lowest BCUT2D eigenvalue weighted by molar-refractivity contribution is -0.119. The van der Waals surface area contributed by atoms with Crippen LogP contribution in [0.2, 0.25) is 0 Å². The summed E-state index contributed by atoms with van der Waals surface area (Å²) in [5, 5.41) is 5.38. The van der Waals surface area contributed by atoms with E-state index < -0.39 is 18.5 Å². The standard InChI is InChI=1S/C28H30N4O4/c1-21(33)29-24-9-7-23(8-10-24)28(35)36-20-27(34)30-25-11-13-26(14-12-25)32-17-15-31(16-18-32)19-22-5-3-2-4-6-22/h2-14H,15-20H2,1H3,(H,29,33)(H,30,34). The Morgan fingerprint density at radius 3 is 2.03 bits per heavy atom. The van der Waals surface area contributed by atoms with Crippen molar-refractivity contribution in [3.8, 4) is 0 Å². The highest BCUT2D eigenvalue weighted by Crippen LogP contribution is 2.20. The van der Waals surface area contributed by atoms with Gasteiger partial charge in [-0.1, -0.05) is 30.3 Å². The van der Waals surface area contributed by atoms with Crippen molar-refractivity contribution in [2.24, 2.45) is 0 Å². The molecule has 0 aromatic heterocycles. The summed E-state index contributed by atoms with van der Waals surface area (Å²) in [5.41, 5.74) is 3.96. The number of nitrogens with zero attached hydrogens (tertiary/aromatic N) is 2. The molecule has 1 aliphatic heterocycles. The molecular formula is C28H30N4O4. The van der Waals surface area contributed by atoms with Crippen LogP contribution in [-0.4, -0.2) is 55.5 Å². The highest BCUT2D eigenvalue weighted by atomic mass is 16.5. The molecule has 186 valence electrons. The minimum atomic E-state index is -0.610. The summed E-state index contributed by atoms with van der Waals surface area (Å²) < 4.78 is 5.10. The topological polar surface area (TPSA) is 91.0 Å². The molecule has 1 fully saturated rings. The highest BCUT2D eigenvalue weighted by Gasteiger charge is 2.17. The largest absolute Gasteiger partial charge is 0.452 e. The molecule has 0 bridgehead atoms. The van der Waals surface area contributed by atoms with Crippen LogP contribution in [0.25, 0.3) is 0 Å². The monoisotopic (exact) mass is 486 g/mol. The van der Waals surface area contributed by atoms with Crippen molar-refractivity contribution in [1.82, 2.24) is 4.90 Å². The van der Waals surface area contributed by atoms with Gasteiger partial charge in [0.2, 0.25) is 5.91 Å². The van der Waals surface area contributed by atoms with Gasteiger partial charge in [0.15, 0.2) is 6.61 Å². The normalized spacial score (nSPS) is 13.6. The highest BCUT2D eigenvalue weighted by molar-refractivity contribution is 5.96. The summed E-state index contributed by atoms with van der Waals surface area (Å²) in [6, 6.07) is 24.5. The zero-order chi connectivity index (χ0) is 25.3. The maximum Gasteiger partial charge on any atom is 0.338 e. The first-order valence-electron chi connectivity index (χ1n) is 11.9. The maximum atomic E-state index is 12.2. The van der Waals surface area contributed by atoms with Gasteiger partial charge in [0.05, 0.1) is 5.56 Å². The van der Waals surface area contributed by atoms with Gasteiger partial charge in [-0.05, 0) is 54.1 Å². The first-order valence-corrected chi connectivity index (χ1v) is 11.9. The van der Waals surface area contributed by atoms with Crippen molar-refractivity contribution in [2.45, 2.75) is 13.5 Å². The van der Waals surface area contributed by atoms with E-state index in [1.807, 2.05) is 30.3 Å². The lowest BCUT2D eigenvalue weighted by Gasteiger charge is -2.36. The molecule has 0 saturated carbocycles. The Morgan fingerprint density at radius 2 is 1.39 bits per heavy atom. The van der Waals surface area contributed by atoms with Crippen LogP contribution in [0, 0.1) is 0 Å². The summed E-state index contributed by atoms with van der Waals surface area (Å²) in [6.45, 7) is 5.86. The first kappa shape index (κ1) is 24.9. The van der Waals surface area contributed by atoms with Crippen LogP contribution in [0.5, 0.6) is 0 Å². The van der Waals surface area contributed by atoms with E-state index in [1.165, 1.54) is 24.6 Å². The molecule has 0 aliphatic carbocycles. The fraction of sp³-hybridized carbons (Fsp3) is 0.250. The summed E-state index contributed by atoms with van der Waals surface area (Å²) >= 11 is 0. The van der Waals surface area contributed by atoms with E-state index in [1.54, 1.807) is 12.1 Å². The number of piperazine rings is 1. The lowest BCUT2D eigenvalue weighted by Crippen LogP contribution is -2.45. The van der Waals surface area contributed by atoms with Crippen molar-refractivity contribution in [3.05, 3.63) is 90.0 Å². The van der Waals surface area contributed by atoms with Crippen LogP contribution < -0.4 is 15.5 Å². The molecule has 1 saturated heterocycles. The van der Waals surface area contributed by atoms with Crippen molar-refractivity contribution < 1.29 is 19.1 Å². The number of carbonyl (C=O) groups excluding carboxylic acids is 3. The van der Waals surface area contributed by atoms with E-state index in [9.17, 15) is 14.4 Å². The minimum absolute atomic E-state index is 0.198. The van der Waals surface area contributed by atoms with Crippen molar-refractivity contribution >= 4 is 34.8 Å². The zero-order valence-electron chi connectivity index (χ0n) is 20.3. The van der Waals surface area contributed by atoms with Crippen LogP contribution in [0.4, 0.5) is 17.1 Å². The van der Waals surface area contributed by atoms with Crippen molar-refractivity contribution in [1.29, 1.82) is 0 Å². The molecule has 0 unspecified atom stereocenters. The second kappa shape index (κ2) is 12.0. The van der Waals surface area contributed by atoms with E-state index in [2.05, 4.69) is 44.7 Å². The van der Waals surface area contributed by atoms with E-state index in [0.717, 1.165) is 38.4 Å². The fourth-order valence-corrected chi connectivity index (χ4v) is 4.07. The molecule has 0 atom stereocenters. The molecule has 1 aliphatic rings. The molecule has 0 spiro atoms. The molecule has 2 amide bonds. The summed E-state index contributed by atoms with van der Waals surface area (Å²) in [5.74, 6) is -1.22. The van der Waals surface area contributed by atoms with Gasteiger partial charge >= 0.3 is 5.97 Å². The second-order valence-corrected chi connectivity index (χ2v) is 8.68. The van der Waals surface area contributed by atoms with E-state index in [-0.39, 0.29) is 5.91 Å². The fourth-order valence-electron chi connectivity index (χ4n) is 4.07. The molecular weight excluding hydrogens is 456 g/mol. The Hall–Kier alpha value is -4.17. The number of amides is 2. The van der Waals surface area contributed by atoms with Gasteiger partial charge in [-0.3, -0.25) is 14.5 Å². The third-order valence-corrected chi connectivity index (χ3v) is 5.91. The van der Waals surface area contributed by atoms with Gasteiger partial charge in [0.25, 0.3) is 5.91 Å². The predicted octanol–water partition coefficient (Wildman–Crippen LogP) is 3.76. The summed E-state index contributed by atoms with van der Waals surface area (Å²) in [6.07, 6.45) is 0. The maximum absolute atomic E-state index is 12.2. The lowest BCUT2D eigenvalue weighted by atomic mass is 10.2. The Labute approximate surface area is 210 Å². The van der Waals surface area contributed by atoms with E-state index in [0.29, 0.717) is 16.9 Å². The van der Waals surface area contributed by atoms with Crippen LogP contribution >= 0.6 is 0 Å². The van der Waals surface area contributed by atoms with Gasteiger partial charge in [0.1, 0.15) is 0 Å². The molecule has 8 heteroatoms. The Balaban J connectivity index is 1.20. The SMILES string of the molecule is CC(=O)Nc1ccc(C(=O)OCC(=O)Nc2ccc(N3CCN(Cc4ccccc4)CC3)cc2)cc1. The van der Waals surface area contributed by atoms with Crippen LogP contribution in [0.15, 0.2) is 78.9 Å². The summed E-state index contributed by atoms with van der Waals surface area (Å²) in [7, 11) is 0. The molecule has 3 aromatic rings. The number of hydrogen-bond donors (Lipinski definition) is 2. The number of benzene rings is 3. The molecule has 8 nitrogen and oxygen atoms in total. The van der Waals surface area contributed by atoms with Gasteiger partial charge in [-0.25, -0.2) is 4.79 Å². The summed E-state index contributed by atoms with van der Waals surface area (Å²) in [4.78, 5) is 40.3. The molecule has 3 aromatic carbocycles. The van der Waals surface area contributed by atoms with Crippen LogP contribution in [0.1, 0.15) is 22.8 Å². The smallest absolute Gasteiger partial charge is 0.338 e. The Kier molecular flexibility index (Phi) is 8.31. The molecule has 2 N–H and O–H groups in total. The number of hydrogen-bond acceptors (Lipinski definition) is 6. The van der Waals surface area contributed by atoms with Crippen LogP contribution in [0.3, 0.4) is 0 Å². The number of carbonyl (C=O) groups is 3. The zero-order valence-corrected chi connectivity index (χ0v) is 20.3. The average Bonchev–Trinajstić information content (AvgIpc) is 2.89. The predicted molar refractivity (Wildman–Crippen MR) is 140 cm³/mol. The molecule has 36 heavy (non-hydrogen) atoms. The van der Waals surface area contributed by atoms with Gasteiger partial charge in [-0.2, -0.15) is 0 Å². The molecule has 1 heterocycles. The van der Waals surface area contributed by atoms with Gasteiger partial charge < -0.3 is 20.3 Å². The number of ether oxygens (including phenoxy) is 1. The quantitative estimate of drug-likeness (QED) is 0.471. The van der Waals surface area contributed by atoms with Gasteiger partial charge in [-0.15, -0.1) is 0 Å². The average molecular weight is 487 g/mol. The number of rotatable bonds is 8. The first-order chi connectivity index (χ1) is 17.5. The minimum Gasteiger partial charge on any atom is -0.452 e. The number of esters is 1. The molecule has 4 rings (SSSR count). The second-order valence-electron chi connectivity index (χ2n) is 8.68. The third-order valence-electron chi connectivity index (χ3n) is 5.91. The Bertz CT molecular complexity index is 1170. The van der Waals surface area contributed by atoms with Gasteiger partial charge in [0, 0.05) is 56.7 Å². The van der Waals surface area contributed by atoms with Crippen molar-refractivity contribution in [2.75, 3.05) is 48.3 Å².